The molecule has 1 rings (SSSR count). The maximum Gasteiger partial charge on any atom is 0.332 e. The van der Waals surface area contributed by atoms with E-state index in [2.05, 4.69) is 15.5 Å². The zero-order valence-corrected chi connectivity index (χ0v) is 10.5. The summed E-state index contributed by atoms with van der Waals surface area (Å²) in [6.07, 6.45) is 1.48. The first-order valence-electron chi connectivity index (χ1n) is 5.36. The number of aromatic nitrogens is 2. The van der Waals surface area contributed by atoms with E-state index in [9.17, 15) is 14.5 Å². The average molecular weight is 253 g/mol. The molecular formula is C10H15N5O3. The molecule has 0 radical (unpaired) electrons. The van der Waals surface area contributed by atoms with Gasteiger partial charge in [0.2, 0.25) is 0 Å². The Bertz CT molecular complexity index is 584. The summed E-state index contributed by atoms with van der Waals surface area (Å²) >= 11 is 0. The van der Waals surface area contributed by atoms with Crippen LogP contribution >= 0.6 is 0 Å². The van der Waals surface area contributed by atoms with Crippen molar-refractivity contribution in [3.8, 4) is 0 Å². The van der Waals surface area contributed by atoms with Crippen molar-refractivity contribution in [3.63, 3.8) is 0 Å². The van der Waals surface area contributed by atoms with Crippen LogP contribution in [0.2, 0.25) is 0 Å². The molecule has 1 aromatic rings. The quantitative estimate of drug-likeness (QED) is 0.453. The lowest BCUT2D eigenvalue weighted by Crippen LogP contribution is -2.38. The van der Waals surface area contributed by atoms with E-state index >= 15 is 0 Å². The van der Waals surface area contributed by atoms with Gasteiger partial charge in [-0.25, -0.2) is 9.79 Å². The van der Waals surface area contributed by atoms with Crippen LogP contribution < -0.4 is 16.6 Å². The maximum atomic E-state index is 11.9. The van der Waals surface area contributed by atoms with E-state index in [1.165, 1.54) is 24.9 Å². The van der Waals surface area contributed by atoms with Gasteiger partial charge in [-0.3, -0.25) is 13.9 Å². The van der Waals surface area contributed by atoms with Crippen LogP contribution in [0.4, 0.5) is 11.5 Å². The highest BCUT2D eigenvalue weighted by molar-refractivity contribution is 5.67. The Morgan fingerprint density at radius 3 is 2.50 bits per heavy atom. The highest BCUT2D eigenvalue weighted by Gasteiger charge is 2.14. The van der Waals surface area contributed by atoms with E-state index in [-0.39, 0.29) is 24.6 Å². The second kappa shape index (κ2) is 5.89. The Morgan fingerprint density at radius 1 is 1.28 bits per heavy atom. The number of rotatable bonds is 5. The van der Waals surface area contributed by atoms with Crippen molar-refractivity contribution in [1.29, 1.82) is 0 Å². The SMILES string of the molecule is C/C=N\c1c(NCCN=O)c(=O)n(C)c(=O)n1C. The average Bonchev–Trinajstić information content (AvgIpc) is 2.37. The van der Waals surface area contributed by atoms with Crippen molar-refractivity contribution < 1.29 is 0 Å². The van der Waals surface area contributed by atoms with Crippen LogP contribution in [0.1, 0.15) is 6.92 Å². The molecule has 0 amide bonds. The molecule has 0 aromatic carbocycles. The third-order valence-electron chi connectivity index (χ3n) is 2.39. The molecule has 8 heteroatoms. The first-order valence-corrected chi connectivity index (χ1v) is 5.36. The van der Waals surface area contributed by atoms with E-state index in [4.69, 9.17) is 0 Å². The van der Waals surface area contributed by atoms with Gasteiger partial charge in [0.1, 0.15) is 5.69 Å². The summed E-state index contributed by atoms with van der Waals surface area (Å²) in [5.41, 5.74) is -0.759. The van der Waals surface area contributed by atoms with Crippen LogP contribution in [-0.4, -0.2) is 28.4 Å². The summed E-state index contributed by atoms with van der Waals surface area (Å²) in [6.45, 7) is 1.92. The summed E-state index contributed by atoms with van der Waals surface area (Å²) < 4.78 is 2.24. The predicted octanol–water partition coefficient (Wildman–Crippen LogP) is -0.0155. The molecule has 8 nitrogen and oxygen atoms in total. The summed E-state index contributed by atoms with van der Waals surface area (Å²) in [5, 5.41) is 5.47. The van der Waals surface area contributed by atoms with Crippen LogP contribution in [0.5, 0.6) is 0 Å². The van der Waals surface area contributed by atoms with Crippen molar-refractivity contribution >= 4 is 17.7 Å². The van der Waals surface area contributed by atoms with Gasteiger partial charge in [0, 0.05) is 26.9 Å². The standard InChI is InChI=1S/C10H15N5O3/c1-4-11-8-7(12-5-6-13-18)9(16)15(3)10(17)14(8)2/h4,12H,5-6H2,1-3H3/b11-4-. The van der Waals surface area contributed by atoms with Crippen molar-refractivity contribution in [2.45, 2.75) is 6.92 Å². The normalized spacial score (nSPS) is 10.8. The van der Waals surface area contributed by atoms with E-state index < -0.39 is 11.2 Å². The summed E-state index contributed by atoms with van der Waals surface area (Å²) in [6, 6.07) is 0. The summed E-state index contributed by atoms with van der Waals surface area (Å²) in [4.78, 5) is 37.7. The minimum absolute atomic E-state index is 0.0290. The van der Waals surface area contributed by atoms with Crippen molar-refractivity contribution in [2.75, 3.05) is 18.4 Å². The lowest BCUT2D eigenvalue weighted by Gasteiger charge is -2.12. The number of hydrogen-bond acceptors (Lipinski definition) is 6. The van der Waals surface area contributed by atoms with Crippen molar-refractivity contribution in [2.24, 2.45) is 24.3 Å². The van der Waals surface area contributed by atoms with Crippen molar-refractivity contribution in [3.05, 3.63) is 25.7 Å². The van der Waals surface area contributed by atoms with Gasteiger partial charge in [-0.2, -0.15) is 4.91 Å². The van der Waals surface area contributed by atoms with Crippen LogP contribution in [0.25, 0.3) is 0 Å². The molecule has 0 unspecified atom stereocenters. The number of aliphatic imine (C=N–C) groups is 1. The van der Waals surface area contributed by atoms with Gasteiger partial charge in [-0.15, -0.1) is 0 Å². The first-order chi connectivity index (χ1) is 8.54. The van der Waals surface area contributed by atoms with Crippen LogP contribution in [0.15, 0.2) is 19.8 Å². The van der Waals surface area contributed by atoms with Gasteiger partial charge in [-0.05, 0) is 6.92 Å². The second-order valence-electron chi connectivity index (χ2n) is 3.57. The molecule has 98 valence electrons. The highest BCUT2D eigenvalue weighted by Crippen LogP contribution is 2.17. The van der Waals surface area contributed by atoms with E-state index in [1.54, 1.807) is 6.92 Å². The number of nitrogens with one attached hydrogen (secondary N) is 1. The lowest BCUT2D eigenvalue weighted by atomic mass is 10.4. The molecule has 0 aliphatic carbocycles. The number of hydrogen-bond donors (Lipinski definition) is 1. The minimum atomic E-state index is -0.482. The highest BCUT2D eigenvalue weighted by atomic mass is 16.3. The van der Waals surface area contributed by atoms with E-state index in [0.717, 1.165) is 4.57 Å². The Morgan fingerprint density at radius 2 is 1.94 bits per heavy atom. The fourth-order valence-electron chi connectivity index (χ4n) is 1.49. The molecule has 0 aliphatic rings. The number of nitrogens with zero attached hydrogens (tertiary/aromatic N) is 4. The molecule has 1 heterocycles. The topological polar surface area (TPSA) is 97.8 Å². The summed E-state index contributed by atoms with van der Waals surface area (Å²) in [7, 11) is 2.90. The fraction of sp³-hybridized carbons (Fsp3) is 0.500. The van der Waals surface area contributed by atoms with Gasteiger partial charge in [-0.1, -0.05) is 5.18 Å². The predicted molar refractivity (Wildman–Crippen MR) is 69.9 cm³/mol. The zero-order chi connectivity index (χ0) is 13.7. The largest absolute Gasteiger partial charge is 0.376 e. The van der Waals surface area contributed by atoms with Crippen molar-refractivity contribution in [1.82, 2.24) is 9.13 Å². The Balaban J connectivity index is 3.41. The first kappa shape index (κ1) is 13.8. The van der Waals surface area contributed by atoms with Gasteiger partial charge in [0.05, 0.1) is 6.54 Å². The van der Waals surface area contributed by atoms with Crippen LogP contribution in [-0.2, 0) is 14.1 Å². The smallest absolute Gasteiger partial charge is 0.332 e. The third-order valence-corrected chi connectivity index (χ3v) is 2.39. The van der Waals surface area contributed by atoms with Gasteiger partial charge < -0.3 is 5.32 Å². The minimum Gasteiger partial charge on any atom is -0.376 e. The number of nitroso groups, excluding NO2 is 1. The second-order valence-corrected chi connectivity index (χ2v) is 3.57. The molecule has 0 atom stereocenters. The number of anilines is 1. The molecule has 0 aliphatic heterocycles. The monoisotopic (exact) mass is 253 g/mol. The van der Waals surface area contributed by atoms with Gasteiger partial charge in [0.15, 0.2) is 5.82 Å². The van der Waals surface area contributed by atoms with E-state index in [1.807, 2.05) is 0 Å². The molecule has 0 bridgehead atoms. The third kappa shape index (κ3) is 2.53. The molecule has 0 saturated heterocycles. The lowest BCUT2D eigenvalue weighted by molar-refractivity contribution is 0.690. The Kier molecular flexibility index (Phi) is 4.52. The van der Waals surface area contributed by atoms with Gasteiger partial charge in [0.25, 0.3) is 5.56 Å². The molecule has 1 aromatic heterocycles. The molecule has 1 N–H and O–H groups in total. The zero-order valence-electron chi connectivity index (χ0n) is 10.5. The van der Waals surface area contributed by atoms with Crippen LogP contribution in [0, 0.1) is 4.91 Å². The van der Waals surface area contributed by atoms with Gasteiger partial charge >= 0.3 is 5.69 Å². The molecule has 0 spiro atoms. The fourth-order valence-corrected chi connectivity index (χ4v) is 1.49. The van der Waals surface area contributed by atoms with Crippen LogP contribution in [0.3, 0.4) is 0 Å². The molecule has 18 heavy (non-hydrogen) atoms. The van der Waals surface area contributed by atoms with E-state index in [0.29, 0.717) is 0 Å². The molecule has 0 saturated carbocycles. The molecular weight excluding hydrogens is 238 g/mol. The summed E-state index contributed by atoms with van der Waals surface area (Å²) in [5.74, 6) is 0.233. The molecule has 0 fully saturated rings. The Labute approximate surface area is 103 Å². The maximum absolute atomic E-state index is 11.9. The Hall–Kier alpha value is -2.25.